The number of rotatable bonds is 4. The second-order valence-corrected chi connectivity index (χ2v) is 4.15. The van der Waals surface area contributed by atoms with Gasteiger partial charge in [0.1, 0.15) is 0 Å². The number of nitrogens with zero attached hydrogens (tertiary/aromatic N) is 2. The van der Waals surface area contributed by atoms with E-state index in [1.165, 1.54) is 0 Å². The Morgan fingerprint density at radius 1 is 1.41 bits per heavy atom. The zero-order valence-corrected chi connectivity index (χ0v) is 9.38. The van der Waals surface area contributed by atoms with E-state index in [2.05, 4.69) is 15.3 Å². The SMILES string of the molecule is Cc1cnc(CNC(=O)[C@@H]2C[C@@H]2C(=O)O)cn1. The van der Waals surface area contributed by atoms with Crippen LogP contribution in [0.15, 0.2) is 12.4 Å². The Morgan fingerprint density at radius 3 is 2.71 bits per heavy atom. The van der Waals surface area contributed by atoms with Crippen molar-refractivity contribution in [2.75, 3.05) is 0 Å². The van der Waals surface area contributed by atoms with E-state index in [9.17, 15) is 9.59 Å². The molecule has 6 heteroatoms. The molecule has 2 atom stereocenters. The molecule has 90 valence electrons. The number of carbonyl (C=O) groups excluding carboxylic acids is 1. The number of aliphatic carboxylic acids is 1. The Bertz CT molecular complexity index is 444. The van der Waals surface area contributed by atoms with Gasteiger partial charge in [0, 0.05) is 6.20 Å². The zero-order chi connectivity index (χ0) is 12.4. The first-order valence-electron chi connectivity index (χ1n) is 5.36. The third-order valence-electron chi connectivity index (χ3n) is 2.72. The van der Waals surface area contributed by atoms with Gasteiger partial charge in [-0.2, -0.15) is 0 Å². The van der Waals surface area contributed by atoms with Crippen molar-refractivity contribution < 1.29 is 14.7 Å². The van der Waals surface area contributed by atoms with Crippen LogP contribution in [0.2, 0.25) is 0 Å². The minimum Gasteiger partial charge on any atom is -0.481 e. The molecule has 17 heavy (non-hydrogen) atoms. The van der Waals surface area contributed by atoms with Gasteiger partial charge in [0.2, 0.25) is 5.91 Å². The topological polar surface area (TPSA) is 92.2 Å². The fraction of sp³-hybridized carbons (Fsp3) is 0.455. The Kier molecular flexibility index (Phi) is 3.03. The molecule has 0 radical (unpaired) electrons. The number of carboxylic acid groups (broad SMARTS) is 1. The molecule has 1 aliphatic carbocycles. The molecule has 1 aromatic rings. The summed E-state index contributed by atoms with van der Waals surface area (Å²) in [7, 11) is 0. The highest BCUT2D eigenvalue weighted by Crippen LogP contribution is 2.38. The highest BCUT2D eigenvalue weighted by atomic mass is 16.4. The van der Waals surface area contributed by atoms with Crippen LogP contribution in [0.4, 0.5) is 0 Å². The van der Waals surface area contributed by atoms with Crippen LogP contribution in [0.5, 0.6) is 0 Å². The minimum absolute atomic E-state index is 0.222. The lowest BCUT2D eigenvalue weighted by molar-refractivity contribution is -0.140. The van der Waals surface area contributed by atoms with E-state index < -0.39 is 11.9 Å². The normalized spacial score (nSPS) is 21.9. The number of amides is 1. The maximum atomic E-state index is 11.5. The number of nitrogens with one attached hydrogen (secondary N) is 1. The molecular formula is C11H13N3O3. The van der Waals surface area contributed by atoms with Crippen molar-refractivity contribution in [2.45, 2.75) is 19.9 Å². The fourth-order valence-corrected chi connectivity index (χ4v) is 1.58. The molecule has 1 saturated carbocycles. The second kappa shape index (κ2) is 4.48. The third kappa shape index (κ3) is 2.77. The van der Waals surface area contributed by atoms with E-state index in [0.29, 0.717) is 12.1 Å². The van der Waals surface area contributed by atoms with Crippen LogP contribution in [0.25, 0.3) is 0 Å². The van der Waals surface area contributed by atoms with Gasteiger partial charge < -0.3 is 10.4 Å². The Balaban J connectivity index is 1.81. The van der Waals surface area contributed by atoms with E-state index in [1.54, 1.807) is 12.4 Å². The molecule has 0 aliphatic heterocycles. The standard InChI is InChI=1S/C11H13N3O3/c1-6-3-13-7(4-12-6)5-14-10(15)8-2-9(8)11(16)17/h3-4,8-9H,2,5H2,1H3,(H,14,15)(H,16,17)/t8-,9+/m1/s1. The van der Waals surface area contributed by atoms with Crippen molar-refractivity contribution >= 4 is 11.9 Å². The number of aryl methyl sites for hydroxylation is 1. The molecule has 1 aliphatic rings. The summed E-state index contributed by atoms with van der Waals surface area (Å²) in [4.78, 5) is 30.3. The van der Waals surface area contributed by atoms with Crippen molar-refractivity contribution in [2.24, 2.45) is 11.8 Å². The van der Waals surface area contributed by atoms with Gasteiger partial charge in [-0.05, 0) is 13.3 Å². The number of carboxylic acids is 1. The van der Waals surface area contributed by atoms with Gasteiger partial charge in [-0.15, -0.1) is 0 Å². The minimum atomic E-state index is -0.903. The summed E-state index contributed by atoms with van der Waals surface area (Å²) < 4.78 is 0. The van der Waals surface area contributed by atoms with E-state index in [4.69, 9.17) is 5.11 Å². The van der Waals surface area contributed by atoms with Crippen molar-refractivity contribution in [3.8, 4) is 0 Å². The quantitative estimate of drug-likeness (QED) is 0.773. The maximum absolute atomic E-state index is 11.5. The monoisotopic (exact) mass is 235 g/mol. The smallest absolute Gasteiger partial charge is 0.307 e. The summed E-state index contributed by atoms with van der Waals surface area (Å²) in [5.74, 6) is -2.02. The van der Waals surface area contributed by atoms with Crippen molar-refractivity contribution in [1.29, 1.82) is 0 Å². The van der Waals surface area contributed by atoms with Crippen LogP contribution in [0.1, 0.15) is 17.8 Å². The molecule has 0 unspecified atom stereocenters. The zero-order valence-electron chi connectivity index (χ0n) is 9.38. The van der Waals surface area contributed by atoms with Gasteiger partial charge in [0.05, 0.1) is 36.0 Å². The lowest BCUT2D eigenvalue weighted by Crippen LogP contribution is -2.26. The van der Waals surface area contributed by atoms with Crippen LogP contribution in [0, 0.1) is 18.8 Å². The average Bonchev–Trinajstić information content (AvgIpc) is 3.08. The first kappa shape index (κ1) is 11.5. The molecular weight excluding hydrogens is 222 g/mol. The molecule has 1 fully saturated rings. The van der Waals surface area contributed by atoms with Gasteiger partial charge in [-0.25, -0.2) is 0 Å². The van der Waals surface area contributed by atoms with Crippen LogP contribution >= 0.6 is 0 Å². The molecule has 0 bridgehead atoms. The van der Waals surface area contributed by atoms with Gasteiger partial charge in [-0.1, -0.05) is 0 Å². The first-order valence-corrected chi connectivity index (χ1v) is 5.36. The van der Waals surface area contributed by atoms with Crippen molar-refractivity contribution in [3.63, 3.8) is 0 Å². The number of hydrogen-bond acceptors (Lipinski definition) is 4. The third-order valence-corrected chi connectivity index (χ3v) is 2.72. The average molecular weight is 235 g/mol. The highest BCUT2D eigenvalue weighted by Gasteiger charge is 2.48. The largest absolute Gasteiger partial charge is 0.481 e. The fourth-order valence-electron chi connectivity index (χ4n) is 1.58. The number of hydrogen-bond donors (Lipinski definition) is 2. The summed E-state index contributed by atoms with van der Waals surface area (Å²) in [5.41, 5.74) is 1.48. The van der Waals surface area contributed by atoms with E-state index in [0.717, 1.165) is 5.69 Å². The Hall–Kier alpha value is -1.98. The van der Waals surface area contributed by atoms with Gasteiger partial charge in [0.15, 0.2) is 0 Å². The molecule has 1 heterocycles. The van der Waals surface area contributed by atoms with Crippen molar-refractivity contribution in [1.82, 2.24) is 15.3 Å². The molecule has 0 saturated heterocycles. The molecule has 0 spiro atoms. The number of carbonyl (C=O) groups is 2. The van der Waals surface area contributed by atoms with Crippen LogP contribution in [0.3, 0.4) is 0 Å². The van der Waals surface area contributed by atoms with Gasteiger partial charge in [-0.3, -0.25) is 19.6 Å². The van der Waals surface area contributed by atoms with Crippen LogP contribution < -0.4 is 5.32 Å². The van der Waals surface area contributed by atoms with Gasteiger partial charge in [0.25, 0.3) is 0 Å². The molecule has 2 rings (SSSR count). The molecule has 1 amide bonds. The summed E-state index contributed by atoms with van der Waals surface area (Å²) >= 11 is 0. The first-order chi connectivity index (χ1) is 8.08. The van der Waals surface area contributed by atoms with Gasteiger partial charge >= 0.3 is 5.97 Å². The summed E-state index contributed by atoms with van der Waals surface area (Å²) in [6.45, 7) is 2.12. The lowest BCUT2D eigenvalue weighted by atomic mass is 10.3. The predicted molar refractivity (Wildman–Crippen MR) is 57.8 cm³/mol. The maximum Gasteiger partial charge on any atom is 0.307 e. The Labute approximate surface area is 98.1 Å². The number of aromatic nitrogens is 2. The Morgan fingerprint density at radius 2 is 2.18 bits per heavy atom. The molecule has 0 aromatic carbocycles. The second-order valence-electron chi connectivity index (χ2n) is 4.15. The molecule has 1 aromatic heterocycles. The van der Waals surface area contributed by atoms with Crippen molar-refractivity contribution in [3.05, 3.63) is 23.8 Å². The molecule has 6 nitrogen and oxygen atoms in total. The summed E-state index contributed by atoms with van der Waals surface area (Å²) in [5, 5.41) is 11.3. The van der Waals surface area contributed by atoms with Crippen LogP contribution in [-0.2, 0) is 16.1 Å². The van der Waals surface area contributed by atoms with Crippen LogP contribution in [-0.4, -0.2) is 27.0 Å². The summed E-state index contributed by atoms with van der Waals surface area (Å²) in [6.07, 6.45) is 3.65. The summed E-state index contributed by atoms with van der Waals surface area (Å²) in [6, 6.07) is 0. The highest BCUT2D eigenvalue weighted by molar-refractivity contribution is 5.89. The van der Waals surface area contributed by atoms with E-state index in [1.807, 2.05) is 6.92 Å². The molecule has 2 N–H and O–H groups in total. The predicted octanol–water partition coefficient (Wildman–Crippen LogP) is 0.122. The van der Waals surface area contributed by atoms with E-state index in [-0.39, 0.29) is 18.4 Å². The van der Waals surface area contributed by atoms with E-state index >= 15 is 0 Å². The lowest BCUT2D eigenvalue weighted by Gasteiger charge is -2.03.